The maximum Gasteiger partial charge on any atom is 0.0939 e. The van der Waals surface area contributed by atoms with Crippen molar-refractivity contribution in [3.63, 3.8) is 0 Å². The first-order valence-corrected chi connectivity index (χ1v) is 6.96. The van der Waals surface area contributed by atoms with Crippen LogP contribution in [0.2, 0.25) is 0 Å². The minimum atomic E-state index is 0.0741. The fraction of sp³-hybridized carbons (Fsp3) is 1.00. The highest BCUT2D eigenvalue weighted by atomic mass is 16.6. The van der Waals surface area contributed by atoms with Gasteiger partial charge < -0.3 is 14.8 Å². The summed E-state index contributed by atoms with van der Waals surface area (Å²) >= 11 is 0. The molecule has 2 unspecified atom stereocenters. The third-order valence-corrected chi connectivity index (χ3v) is 3.87. The van der Waals surface area contributed by atoms with Gasteiger partial charge in [0, 0.05) is 25.2 Å². The van der Waals surface area contributed by atoms with E-state index in [1.807, 2.05) is 0 Å². The van der Waals surface area contributed by atoms with Crippen LogP contribution in [0.3, 0.4) is 0 Å². The molecule has 3 nitrogen and oxygen atoms in total. The molecule has 2 saturated heterocycles. The number of ether oxygens (including phenoxy) is 2. The third kappa shape index (κ3) is 3.94. The molecule has 2 aliphatic rings. The molecule has 2 aliphatic heterocycles. The van der Waals surface area contributed by atoms with Gasteiger partial charge in [0.2, 0.25) is 0 Å². The molecule has 2 heterocycles. The molecule has 17 heavy (non-hydrogen) atoms. The quantitative estimate of drug-likeness (QED) is 0.823. The smallest absolute Gasteiger partial charge is 0.0939 e. The van der Waals surface area contributed by atoms with Gasteiger partial charge in [0.1, 0.15) is 0 Å². The topological polar surface area (TPSA) is 30.5 Å². The van der Waals surface area contributed by atoms with Gasteiger partial charge >= 0.3 is 0 Å². The van der Waals surface area contributed by atoms with Crippen molar-refractivity contribution in [2.75, 3.05) is 26.4 Å². The van der Waals surface area contributed by atoms with Crippen molar-refractivity contribution < 1.29 is 9.47 Å². The second-order valence-electron chi connectivity index (χ2n) is 6.66. The molecule has 2 atom stereocenters. The van der Waals surface area contributed by atoms with Crippen LogP contribution in [0.15, 0.2) is 0 Å². The van der Waals surface area contributed by atoms with Crippen molar-refractivity contribution in [1.29, 1.82) is 0 Å². The highest BCUT2D eigenvalue weighted by Gasteiger charge is 2.40. The van der Waals surface area contributed by atoms with Crippen LogP contribution in [0.1, 0.15) is 46.5 Å². The molecule has 2 fully saturated rings. The van der Waals surface area contributed by atoms with Gasteiger partial charge in [-0.1, -0.05) is 0 Å². The Labute approximate surface area is 105 Å². The first kappa shape index (κ1) is 13.3. The van der Waals surface area contributed by atoms with Gasteiger partial charge in [0.05, 0.1) is 12.2 Å². The van der Waals surface area contributed by atoms with Crippen LogP contribution in [0.25, 0.3) is 0 Å². The first-order chi connectivity index (χ1) is 7.99. The van der Waals surface area contributed by atoms with E-state index < -0.39 is 0 Å². The van der Waals surface area contributed by atoms with Crippen LogP contribution in [0.5, 0.6) is 0 Å². The Morgan fingerprint density at radius 3 is 2.76 bits per heavy atom. The maximum absolute atomic E-state index is 5.96. The van der Waals surface area contributed by atoms with Crippen LogP contribution in [0, 0.1) is 5.92 Å². The van der Waals surface area contributed by atoms with Crippen molar-refractivity contribution in [2.24, 2.45) is 5.92 Å². The molecular weight excluding hydrogens is 214 g/mol. The summed E-state index contributed by atoms with van der Waals surface area (Å²) in [7, 11) is 0. The zero-order valence-corrected chi connectivity index (χ0v) is 11.6. The normalized spacial score (nSPS) is 34.4. The van der Waals surface area contributed by atoms with Gasteiger partial charge in [-0.25, -0.2) is 0 Å². The average Bonchev–Trinajstić information content (AvgIpc) is 2.64. The summed E-state index contributed by atoms with van der Waals surface area (Å²) < 4.78 is 11.5. The molecule has 0 aromatic rings. The van der Waals surface area contributed by atoms with Crippen molar-refractivity contribution in [1.82, 2.24) is 5.32 Å². The Morgan fingerprint density at radius 1 is 1.29 bits per heavy atom. The summed E-state index contributed by atoms with van der Waals surface area (Å²) in [5, 5.41) is 3.58. The molecule has 0 bridgehead atoms. The van der Waals surface area contributed by atoms with E-state index in [4.69, 9.17) is 9.47 Å². The third-order valence-electron chi connectivity index (χ3n) is 3.87. The lowest BCUT2D eigenvalue weighted by Gasteiger charge is -2.37. The Morgan fingerprint density at radius 2 is 2.12 bits per heavy atom. The number of rotatable bonds is 3. The average molecular weight is 241 g/mol. The fourth-order valence-corrected chi connectivity index (χ4v) is 2.89. The van der Waals surface area contributed by atoms with Gasteiger partial charge in [-0.05, 0) is 52.5 Å². The molecule has 0 aromatic heterocycles. The molecule has 100 valence electrons. The van der Waals surface area contributed by atoms with E-state index in [1.165, 1.54) is 19.3 Å². The van der Waals surface area contributed by atoms with Crippen LogP contribution in [-0.4, -0.2) is 37.5 Å². The number of nitrogens with one attached hydrogen (secondary N) is 1. The van der Waals surface area contributed by atoms with Gasteiger partial charge in [0.15, 0.2) is 0 Å². The summed E-state index contributed by atoms with van der Waals surface area (Å²) in [5.41, 5.74) is 0.309. The number of hydrogen-bond donors (Lipinski definition) is 1. The van der Waals surface area contributed by atoms with E-state index in [0.29, 0.717) is 0 Å². The zero-order chi connectivity index (χ0) is 12.4. The molecule has 1 spiro atoms. The minimum Gasteiger partial charge on any atom is -0.378 e. The van der Waals surface area contributed by atoms with Crippen LogP contribution < -0.4 is 5.32 Å². The van der Waals surface area contributed by atoms with Gasteiger partial charge in [-0.3, -0.25) is 0 Å². The second-order valence-corrected chi connectivity index (χ2v) is 6.66. The zero-order valence-electron chi connectivity index (χ0n) is 11.6. The van der Waals surface area contributed by atoms with E-state index >= 15 is 0 Å². The van der Waals surface area contributed by atoms with Crippen molar-refractivity contribution in [2.45, 2.75) is 57.6 Å². The molecule has 0 radical (unpaired) electrons. The summed E-state index contributed by atoms with van der Waals surface area (Å²) in [5.74, 6) is 0.806. The van der Waals surface area contributed by atoms with Crippen molar-refractivity contribution in [3.05, 3.63) is 0 Å². The van der Waals surface area contributed by atoms with Gasteiger partial charge in [-0.15, -0.1) is 0 Å². The highest BCUT2D eigenvalue weighted by Crippen LogP contribution is 2.36. The van der Waals surface area contributed by atoms with E-state index in [0.717, 1.165) is 38.7 Å². The monoisotopic (exact) mass is 241 g/mol. The predicted octanol–water partition coefficient (Wildman–Crippen LogP) is 2.35. The maximum atomic E-state index is 5.96. The molecule has 2 rings (SSSR count). The SMILES string of the molecule is CC(C)(C)NCCC1CCOC2(CCOC2)C1. The summed E-state index contributed by atoms with van der Waals surface area (Å²) in [4.78, 5) is 0. The summed E-state index contributed by atoms with van der Waals surface area (Å²) in [6, 6.07) is 0. The van der Waals surface area contributed by atoms with E-state index in [1.54, 1.807) is 0 Å². The van der Waals surface area contributed by atoms with E-state index in [-0.39, 0.29) is 11.1 Å². The van der Waals surface area contributed by atoms with Crippen LogP contribution in [-0.2, 0) is 9.47 Å². The van der Waals surface area contributed by atoms with Crippen molar-refractivity contribution in [3.8, 4) is 0 Å². The van der Waals surface area contributed by atoms with Gasteiger partial charge in [0.25, 0.3) is 0 Å². The first-order valence-electron chi connectivity index (χ1n) is 6.96. The highest BCUT2D eigenvalue weighted by molar-refractivity contribution is 4.90. The largest absolute Gasteiger partial charge is 0.378 e. The Balaban J connectivity index is 1.74. The molecule has 0 amide bonds. The predicted molar refractivity (Wildman–Crippen MR) is 69.2 cm³/mol. The van der Waals surface area contributed by atoms with Gasteiger partial charge in [-0.2, -0.15) is 0 Å². The molecule has 3 heteroatoms. The standard InChI is InChI=1S/C14H27NO2/c1-13(2,3)15-7-4-12-5-8-17-14(10-12)6-9-16-11-14/h12,15H,4-11H2,1-3H3. The molecule has 0 aliphatic carbocycles. The fourth-order valence-electron chi connectivity index (χ4n) is 2.89. The minimum absolute atomic E-state index is 0.0741. The van der Waals surface area contributed by atoms with Crippen molar-refractivity contribution >= 4 is 0 Å². The molecular formula is C14H27NO2. The molecule has 1 N–H and O–H groups in total. The lowest BCUT2D eigenvalue weighted by molar-refractivity contribution is -0.0987. The second kappa shape index (κ2) is 5.25. The van der Waals surface area contributed by atoms with Crippen LogP contribution in [0.4, 0.5) is 0 Å². The van der Waals surface area contributed by atoms with Crippen LogP contribution >= 0.6 is 0 Å². The summed E-state index contributed by atoms with van der Waals surface area (Å²) in [6.45, 7) is 10.4. The summed E-state index contributed by atoms with van der Waals surface area (Å²) in [6.07, 6.45) is 4.77. The molecule has 0 saturated carbocycles. The Kier molecular flexibility index (Phi) is 4.11. The van der Waals surface area contributed by atoms with E-state index in [9.17, 15) is 0 Å². The lowest BCUT2D eigenvalue weighted by Crippen LogP contribution is -2.42. The molecule has 0 aromatic carbocycles. The Hall–Kier alpha value is -0.120. The number of hydrogen-bond acceptors (Lipinski definition) is 3. The lowest BCUT2D eigenvalue weighted by atomic mass is 9.83. The van der Waals surface area contributed by atoms with E-state index in [2.05, 4.69) is 26.1 Å². The Bertz CT molecular complexity index is 241.